The van der Waals surface area contributed by atoms with Crippen LogP contribution in [-0.2, 0) is 0 Å². The van der Waals surface area contributed by atoms with E-state index in [9.17, 15) is 0 Å². The Hall–Kier alpha value is -1.96. The van der Waals surface area contributed by atoms with Crippen LogP contribution in [0.3, 0.4) is 0 Å². The summed E-state index contributed by atoms with van der Waals surface area (Å²) in [5.41, 5.74) is 0. The molecule has 0 N–H and O–H groups in total. The first-order valence-electron chi connectivity index (χ1n) is 7.92. The average molecular weight is 332 g/mol. The number of hydrogen-bond acceptors (Lipinski definition) is 8. The van der Waals surface area contributed by atoms with Gasteiger partial charge in [-0.25, -0.2) is 15.0 Å². The van der Waals surface area contributed by atoms with E-state index in [0.29, 0.717) is 11.8 Å². The third-order valence-corrected chi connectivity index (χ3v) is 5.60. The van der Waals surface area contributed by atoms with Crippen LogP contribution < -0.4 is 14.5 Å². The van der Waals surface area contributed by atoms with Gasteiger partial charge in [0, 0.05) is 31.2 Å². The lowest BCUT2D eigenvalue weighted by molar-refractivity contribution is 0.385. The van der Waals surface area contributed by atoms with Gasteiger partial charge in [0.05, 0.1) is 25.5 Å². The highest BCUT2D eigenvalue weighted by Crippen LogP contribution is 2.36. The molecule has 0 saturated carbocycles. The minimum absolute atomic E-state index is 0.474. The second kappa shape index (κ2) is 5.92. The van der Waals surface area contributed by atoms with Gasteiger partial charge < -0.3 is 14.5 Å². The second-order valence-electron chi connectivity index (χ2n) is 6.09. The summed E-state index contributed by atoms with van der Waals surface area (Å²) in [7, 11) is 1.63. The number of anilines is 2. The first-order chi connectivity index (χ1) is 11.2. The summed E-state index contributed by atoms with van der Waals surface area (Å²) in [5.74, 6) is 3.06. The van der Waals surface area contributed by atoms with E-state index in [2.05, 4.69) is 29.1 Å². The van der Waals surface area contributed by atoms with Gasteiger partial charge in [-0.05, 0) is 25.7 Å². The maximum absolute atomic E-state index is 5.14. The maximum atomic E-state index is 5.14. The van der Waals surface area contributed by atoms with Crippen molar-refractivity contribution in [1.82, 2.24) is 19.3 Å². The highest BCUT2D eigenvalue weighted by atomic mass is 32.1. The van der Waals surface area contributed by atoms with E-state index in [1.54, 1.807) is 19.5 Å². The van der Waals surface area contributed by atoms with Gasteiger partial charge in [0.2, 0.25) is 11.1 Å². The Morgan fingerprint density at radius 3 is 2.70 bits per heavy atom. The number of methoxy groups -OCH3 is 1. The van der Waals surface area contributed by atoms with Crippen molar-refractivity contribution >= 4 is 22.6 Å². The molecule has 23 heavy (non-hydrogen) atoms. The van der Waals surface area contributed by atoms with Gasteiger partial charge in [0.25, 0.3) is 0 Å². The van der Waals surface area contributed by atoms with E-state index in [1.807, 2.05) is 6.92 Å². The van der Waals surface area contributed by atoms with Crippen LogP contribution in [0.4, 0.5) is 11.1 Å². The van der Waals surface area contributed by atoms with E-state index in [-0.39, 0.29) is 0 Å². The Balaban J connectivity index is 1.53. The topological polar surface area (TPSA) is 67.3 Å². The van der Waals surface area contributed by atoms with Gasteiger partial charge in [-0.3, -0.25) is 0 Å². The quantitative estimate of drug-likeness (QED) is 0.848. The van der Waals surface area contributed by atoms with E-state index in [4.69, 9.17) is 4.74 Å². The molecular weight excluding hydrogens is 312 g/mol. The van der Waals surface area contributed by atoms with Crippen LogP contribution in [0, 0.1) is 12.8 Å². The summed E-state index contributed by atoms with van der Waals surface area (Å²) in [6.07, 6.45) is 5.87. The van der Waals surface area contributed by atoms with Crippen LogP contribution in [0.1, 0.15) is 18.7 Å². The molecule has 2 unspecified atom stereocenters. The molecule has 4 heterocycles. The molecule has 2 aromatic rings. The van der Waals surface area contributed by atoms with Crippen LogP contribution in [0.25, 0.3) is 0 Å². The highest BCUT2D eigenvalue weighted by Gasteiger charge is 2.40. The summed E-state index contributed by atoms with van der Waals surface area (Å²) in [4.78, 5) is 18.1. The zero-order chi connectivity index (χ0) is 15.8. The highest BCUT2D eigenvalue weighted by molar-refractivity contribution is 7.09. The Labute approximate surface area is 139 Å². The number of nitrogens with zero attached hydrogens (tertiary/aromatic N) is 6. The van der Waals surface area contributed by atoms with Crippen LogP contribution in [0.2, 0.25) is 0 Å². The van der Waals surface area contributed by atoms with Crippen molar-refractivity contribution < 1.29 is 4.74 Å². The maximum Gasteiger partial charge on any atom is 0.225 e. The minimum atomic E-state index is 0.474. The fourth-order valence-corrected chi connectivity index (χ4v) is 4.30. The van der Waals surface area contributed by atoms with Crippen molar-refractivity contribution in [3.63, 3.8) is 0 Å². The van der Waals surface area contributed by atoms with Crippen LogP contribution >= 0.6 is 11.5 Å². The van der Waals surface area contributed by atoms with Crippen molar-refractivity contribution in [2.75, 3.05) is 36.5 Å². The van der Waals surface area contributed by atoms with Gasteiger partial charge in [0.15, 0.2) is 5.75 Å². The Kier molecular flexibility index (Phi) is 3.76. The molecule has 0 aromatic carbocycles. The van der Waals surface area contributed by atoms with Crippen molar-refractivity contribution in [2.45, 2.75) is 25.8 Å². The summed E-state index contributed by atoms with van der Waals surface area (Å²) in [6, 6.07) is 0.474. The van der Waals surface area contributed by atoms with Crippen molar-refractivity contribution in [2.24, 2.45) is 5.92 Å². The smallest absolute Gasteiger partial charge is 0.225 e. The summed E-state index contributed by atoms with van der Waals surface area (Å²) >= 11 is 1.50. The van der Waals surface area contributed by atoms with Crippen LogP contribution in [0.5, 0.6) is 5.75 Å². The van der Waals surface area contributed by atoms with E-state index in [1.165, 1.54) is 24.4 Å². The Bertz CT molecular complexity index is 675. The first kappa shape index (κ1) is 14.6. The van der Waals surface area contributed by atoms with Crippen molar-refractivity contribution in [3.05, 3.63) is 18.2 Å². The molecule has 2 aliphatic heterocycles. The zero-order valence-corrected chi connectivity index (χ0v) is 14.2. The molecule has 0 amide bonds. The lowest BCUT2D eigenvalue weighted by Crippen LogP contribution is -2.48. The third kappa shape index (κ3) is 2.71. The molecule has 2 fully saturated rings. The number of ether oxygens (including phenoxy) is 1. The standard InChI is InChI=1S/C15H20N6OS/c1-10-18-15(23-19-10)21-6-4-11-3-5-20(9-13(11)21)14-16-7-12(22-2)8-17-14/h7-8,11,13H,3-6,9H2,1-2H3. The third-order valence-electron chi connectivity index (χ3n) is 4.76. The lowest BCUT2D eigenvalue weighted by Gasteiger charge is -2.38. The van der Waals surface area contributed by atoms with Gasteiger partial charge in [-0.15, -0.1) is 0 Å². The van der Waals surface area contributed by atoms with Gasteiger partial charge in [-0.1, -0.05) is 0 Å². The number of fused-ring (bicyclic) bond motifs is 1. The number of rotatable bonds is 3. The predicted molar refractivity (Wildman–Crippen MR) is 89.3 cm³/mol. The molecule has 2 saturated heterocycles. The fourth-order valence-electron chi connectivity index (χ4n) is 3.54. The summed E-state index contributed by atoms with van der Waals surface area (Å²) in [6.45, 7) is 4.97. The van der Waals surface area contributed by atoms with E-state index < -0.39 is 0 Å². The molecule has 7 nitrogen and oxygen atoms in total. The largest absolute Gasteiger partial charge is 0.494 e. The molecule has 0 radical (unpaired) electrons. The van der Waals surface area contributed by atoms with Gasteiger partial charge in [-0.2, -0.15) is 4.37 Å². The number of aryl methyl sites for hydroxylation is 1. The zero-order valence-electron chi connectivity index (χ0n) is 13.3. The van der Waals surface area contributed by atoms with Crippen molar-refractivity contribution in [1.29, 1.82) is 0 Å². The van der Waals surface area contributed by atoms with E-state index >= 15 is 0 Å². The second-order valence-corrected chi connectivity index (χ2v) is 6.82. The molecule has 0 spiro atoms. The van der Waals surface area contributed by atoms with Crippen molar-refractivity contribution in [3.8, 4) is 5.75 Å². The minimum Gasteiger partial charge on any atom is -0.494 e. The Morgan fingerprint density at radius 2 is 2.00 bits per heavy atom. The predicted octanol–water partition coefficient (Wildman–Crippen LogP) is 1.75. The molecule has 0 aliphatic carbocycles. The van der Waals surface area contributed by atoms with Crippen LogP contribution in [0.15, 0.2) is 12.4 Å². The Morgan fingerprint density at radius 1 is 1.22 bits per heavy atom. The molecule has 8 heteroatoms. The first-order valence-corrected chi connectivity index (χ1v) is 8.70. The fraction of sp³-hybridized carbons (Fsp3) is 0.600. The molecule has 4 rings (SSSR count). The molecule has 122 valence electrons. The van der Waals surface area contributed by atoms with Crippen LogP contribution in [-0.4, -0.2) is 52.1 Å². The van der Waals surface area contributed by atoms with Gasteiger partial charge in [0.1, 0.15) is 5.82 Å². The molecule has 2 aliphatic rings. The number of aromatic nitrogens is 4. The normalized spacial score (nSPS) is 23.9. The lowest BCUT2D eigenvalue weighted by atomic mass is 9.92. The SMILES string of the molecule is COc1cnc(N2CCC3CCN(c4nc(C)ns4)C3C2)nc1. The molecular formula is C15H20N6OS. The summed E-state index contributed by atoms with van der Waals surface area (Å²) < 4.78 is 9.47. The average Bonchev–Trinajstić information content (AvgIpc) is 3.20. The monoisotopic (exact) mass is 332 g/mol. The number of piperidine rings is 1. The number of hydrogen-bond donors (Lipinski definition) is 0. The van der Waals surface area contributed by atoms with E-state index in [0.717, 1.165) is 42.5 Å². The summed E-state index contributed by atoms with van der Waals surface area (Å²) in [5, 5.41) is 1.05. The van der Waals surface area contributed by atoms with Gasteiger partial charge >= 0.3 is 0 Å². The molecule has 2 atom stereocenters. The molecule has 2 aromatic heterocycles. The molecule has 0 bridgehead atoms.